The molecule has 0 bridgehead atoms. The second kappa shape index (κ2) is 7.06. The summed E-state index contributed by atoms with van der Waals surface area (Å²) in [7, 11) is 1.31. The number of hydrogen-bond acceptors (Lipinski definition) is 5. The van der Waals surface area contributed by atoms with E-state index < -0.39 is 18.1 Å². The highest BCUT2D eigenvalue weighted by molar-refractivity contribution is 5.86. The molecule has 1 aromatic heterocycles. The van der Waals surface area contributed by atoms with Gasteiger partial charge in [-0.3, -0.25) is 0 Å². The molecule has 0 spiro atoms. The Hall–Kier alpha value is -2.67. The summed E-state index contributed by atoms with van der Waals surface area (Å²) >= 11 is 0. The van der Waals surface area contributed by atoms with Crippen LogP contribution in [0.1, 0.15) is 25.5 Å². The number of hydrogen-bond donors (Lipinski definition) is 1. The number of rotatable bonds is 5. The third-order valence-corrected chi connectivity index (χ3v) is 3.56. The fourth-order valence-corrected chi connectivity index (χ4v) is 1.96. The van der Waals surface area contributed by atoms with Gasteiger partial charge < -0.3 is 9.84 Å². The molecule has 1 aromatic carbocycles. The van der Waals surface area contributed by atoms with E-state index in [1.807, 2.05) is 0 Å². The first-order valence-corrected chi connectivity index (χ1v) is 7.14. The van der Waals surface area contributed by atoms with Crippen LogP contribution in [0.4, 0.5) is 0 Å². The first-order chi connectivity index (χ1) is 10.9. The van der Waals surface area contributed by atoms with Crippen LogP contribution < -0.4 is 5.69 Å². The lowest BCUT2D eigenvalue weighted by Gasteiger charge is -2.13. The molecule has 2 aromatic rings. The molecule has 0 unspecified atom stereocenters. The minimum Gasteiger partial charge on any atom is -0.466 e. The van der Waals surface area contributed by atoms with E-state index >= 15 is 0 Å². The van der Waals surface area contributed by atoms with Crippen molar-refractivity contribution in [1.29, 1.82) is 0 Å². The maximum absolute atomic E-state index is 12.3. The van der Waals surface area contributed by atoms with E-state index in [9.17, 15) is 14.7 Å². The maximum Gasteiger partial charge on any atom is 0.350 e. The van der Waals surface area contributed by atoms with Crippen LogP contribution in [0.15, 0.2) is 41.5 Å². The Morgan fingerprint density at radius 1 is 1.30 bits per heavy atom. The van der Waals surface area contributed by atoms with Crippen LogP contribution >= 0.6 is 0 Å². The van der Waals surface area contributed by atoms with Gasteiger partial charge in [-0.15, -0.1) is 0 Å². The highest BCUT2D eigenvalue weighted by atomic mass is 16.5. The first kappa shape index (κ1) is 16.7. The number of aliphatic hydroxyl groups excluding tert-OH is 1. The van der Waals surface area contributed by atoms with Crippen molar-refractivity contribution in [3.05, 3.63) is 52.7 Å². The summed E-state index contributed by atoms with van der Waals surface area (Å²) < 4.78 is 7.16. The molecule has 1 heterocycles. The van der Waals surface area contributed by atoms with Crippen molar-refractivity contribution in [1.82, 2.24) is 14.3 Å². The van der Waals surface area contributed by atoms with Gasteiger partial charge in [0.1, 0.15) is 6.33 Å². The van der Waals surface area contributed by atoms with Gasteiger partial charge in [-0.25, -0.2) is 18.8 Å². The summed E-state index contributed by atoms with van der Waals surface area (Å²) in [5.41, 5.74) is 1.13. The molecule has 0 aliphatic heterocycles. The predicted octanol–water partition coefficient (Wildman–Crippen LogP) is 1.16. The van der Waals surface area contributed by atoms with Crippen molar-refractivity contribution in [2.24, 2.45) is 0 Å². The number of benzene rings is 1. The zero-order chi connectivity index (χ0) is 17.0. The second-order valence-electron chi connectivity index (χ2n) is 5.16. The standard InChI is InChI=1S/C16H19N3O4/c1-11(12(2)20)19-16(22)18(10-17-19)14-7-4-13(5-8-14)6-9-15(21)23-3/h4-12,20H,1-3H3/b9-6+/t11-,12+/m0/s1. The van der Waals surface area contributed by atoms with Crippen molar-refractivity contribution < 1.29 is 14.6 Å². The molecule has 0 saturated carbocycles. The van der Waals surface area contributed by atoms with Gasteiger partial charge >= 0.3 is 11.7 Å². The summed E-state index contributed by atoms with van der Waals surface area (Å²) in [6.07, 6.45) is 3.68. The van der Waals surface area contributed by atoms with Gasteiger partial charge in [0.05, 0.1) is 24.9 Å². The summed E-state index contributed by atoms with van der Waals surface area (Å²) in [5, 5.41) is 13.6. The molecule has 0 radical (unpaired) electrons. The zero-order valence-electron chi connectivity index (χ0n) is 13.2. The third kappa shape index (κ3) is 3.75. The molecule has 0 saturated heterocycles. The largest absolute Gasteiger partial charge is 0.466 e. The van der Waals surface area contributed by atoms with E-state index in [4.69, 9.17) is 0 Å². The lowest BCUT2D eigenvalue weighted by molar-refractivity contribution is -0.134. The number of carbonyl (C=O) groups is 1. The fourth-order valence-electron chi connectivity index (χ4n) is 1.96. The molecule has 0 fully saturated rings. The summed E-state index contributed by atoms with van der Waals surface area (Å²) in [6, 6.07) is 6.63. The Bertz CT molecular complexity index is 756. The van der Waals surface area contributed by atoms with Gasteiger partial charge in [-0.1, -0.05) is 12.1 Å². The second-order valence-corrected chi connectivity index (χ2v) is 5.16. The van der Waals surface area contributed by atoms with Crippen molar-refractivity contribution in [2.75, 3.05) is 7.11 Å². The molecule has 122 valence electrons. The van der Waals surface area contributed by atoms with Gasteiger partial charge in [0.15, 0.2) is 0 Å². The number of carbonyl (C=O) groups excluding carboxylic acids is 1. The molecule has 0 aliphatic carbocycles. The molecule has 0 amide bonds. The van der Waals surface area contributed by atoms with Crippen LogP contribution in [0.3, 0.4) is 0 Å². The number of ether oxygens (including phenoxy) is 1. The van der Waals surface area contributed by atoms with Gasteiger partial charge in [0.25, 0.3) is 0 Å². The quantitative estimate of drug-likeness (QED) is 0.660. The lowest BCUT2D eigenvalue weighted by atomic mass is 10.2. The average molecular weight is 317 g/mol. The Kier molecular flexibility index (Phi) is 5.13. The Morgan fingerprint density at radius 2 is 1.96 bits per heavy atom. The van der Waals surface area contributed by atoms with Crippen LogP contribution in [0.2, 0.25) is 0 Å². The maximum atomic E-state index is 12.3. The number of aliphatic hydroxyl groups is 1. The van der Waals surface area contributed by atoms with Crippen molar-refractivity contribution in [3.63, 3.8) is 0 Å². The van der Waals surface area contributed by atoms with Crippen LogP contribution in [-0.4, -0.2) is 38.6 Å². The topological polar surface area (TPSA) is 86.3 Å². The lowest BCUT2D eigenvalue weighted by Crippen LogP contribution is -2.31. The van der Waals surface area contributed by atoms with E-state index in [1.54, 1.807) is 44.2 Å². The summed E-state index contributed by atoms with van der Waals surface area (Å²) in [5.74, 6) is -0.432. The Morgan fingerprint density at radius 3 is 2.52 bits per heavy atom. The Balaban J connectivity index is 2.25. The van der Waals surface area contributed by atoms with E-state index in [2.05, 4.69) is 9.84 Å². The molecular formula is C16H19N3O4. The van der Waals surface area contributed by atoms with Crippen molar-refractivity contribution in [3.8, 4) is 5.69 Å². The summed E-state index contributed by atoms with van der Waals surface area (Å²) in [6.45, 7) is 3.34. The van der Waals surface area contributed by atoms with Crippen LogP contribution in [0, 0.1) is 0 Å². The molecule has 7 heteroatoms. The fraction of sp³-hybridized carbons (Fsp3) is 0.312. The van der Waals surface area contributed by atoms with E-state index in [0.717, 1.165) is 5.56 Å². The third-order valence-electron chi connectivity index (χ3n) is 3.56. The van der Waals surface area contributed by atoms with Crippen LogP contribution in [-0.2, 0) is 9.53 Å². The molecule has 0 aliphatic rings. The van der Waals surface area contributed by atoms with Crippen molar-refractivity contribution >= 4 is 12.0 Å². The minimum atomic E-state index is -0.679. The van der Waals surface area contributed by atoms with E-state index in [1.165, 1.54) is 28.8 Å². The highest BCUT2D eigenvalue weighted by Crippen LogP contribution is 2.11. The van der Waals surface area contributed by atoms with Crippen molar-refractivity contribution in [2.45, 2.75) is 26.0 Å². The summed E-state index contributed by atoms with van der Waals surface area (Å²) in [4.78, 5) is 23.4. The number of esters is 1. The SMILES string of the molecule is COC(=O)/C=C/c1ccc(-n2cnn([C@@H](C)[C@@H](C)O)c2=O)cc1. The van der Waals surface area contributed by atoms with Gasteiger partial charge in [-0.05, 0) is 37.6 Å². The molecular weight excluding hydrogens is 298 g/mol. The van der Waals surface area contributed by atoms with Gasteiger partial charge in [0, 0.05) is 6.08 Å². The molecule has 1 N–H and O–H groups in total. The van der Waals surface area contributed by atoms with E-state index in [0.29, 0.717) is 5.69 Å². The first-order valence-electron chi connectivity index (χ1n) is 7.14. The molecule has 2 atom stereocenters. The highest BCUT2D eigenvalue weighted by Gasteiger charge is 2.16. The number of aromatic nitrogens is 3. The molecule has 23 heavy (non-hydrogen) atoms. The van der Waals surface area contributed by atoms with Crippen LogP contribution in [0.25, 0.3) is 11.8 Å². The smallest absolute Gasteiger partial charge is 0.350 e. The predicted molar refractivity (Wildman–Crippen MR) is 85.3 cm³/mol. The molecule has 7 nitrogen and oxygen atoms in total. The molecule has 2 rings (SSSR count). The average Bonchev–Trinajstić information content (AvgIpc) is 2.93. The number of nitrogens with zero attached hydrogens (tertiary/aromatic N) is 3. The van der Waals surface area contributed by atoms with Gasteiger partial charge in [-0.2, -0.15) is 5.10 Å². The number of methoxy groups -OCH3 is 1. The zero-order valence-corrected chi connectivity index (χ0v) is 13.2. The van der Waals surface area contributed by atoms with E-state index in [-0.39, 0.29) is 5.69 Å². The Labute approximate surface area is 133 Å². The monoisotopic (exact) mass is 317 g/mol. The van der Waals surface area contributed by atoms with Crippen LogP contribution in [0.5, 0.6) is 0 Å². The normalized spacial score (nSPS) is 13.9. The minimum absolute atomic E-state index is 0.323. The van der Waals surface area contributed by atoms with Gasteiger partial charge in [0.2, 0.25) is 0 Å².